The molecule has 20 heavy (non-hydrogen) atoms. The third kappa shape index (κ3) is 3.12. The van der Waals surface area contributed by atoms with Gasteiger partial charge in [0.1, 0.15) is 11.6 Å². The first-order valence-electron chi connectivity index (χ1n) is 5.68. The minimum absolute atomic E-state index is 0.110. The van der Waals surface area contributed by atoms with Crippen LogP contribution in [0.25, 0.3) is 0 Å². The normalized spacial score (nSPS) is 11.5. The Kier molecular flexibility index (Phi) is 4.01. The fourth-order valence-corrected chi connectivity index (χ4v) is 2.84. The standard InChI is InChI=1S/C13H12F2N2O2S/c14-11-5-2-6-12(15)13(11)20(18,19)17-8-9-3-1-4-10(16)7-9/h1-7,17H,8,16H2. The van der Waals surface area contributed by atoms with Crippen molar-refractivity contribution >= 4 is 15.7 Å². The van der Waals surface area contributed by atoms with Crippen molar-refractivity contribution in [2.45, 2.75) is 11.4 Å². The topological polar surface area (TPSA) is 72.2 Å². The Morgan fingerprint density at radius 1 is 1.05 bits per heavy atom. The summed E-state index contributed by atoms with van der Waals surface area (Å²) < 4.78 is 52.9. The Hall–Kier alpha value is -1.99. The highest BCUT2D eigenvalue weighted by atomic mass is 32.2. The van der Waals surface area contributed by atoms with E-state index in [0.29, 0.717) is 11.3 Å². The van der Waals surface area contributed by atoms with Gasteiger partial charge in [0.2, 0.25) is 10.0 Å². The quantitative estimate of drug-likeness (QED) is 0.848. The molecule has 0 aromatic heterocycles. The third-order valence-corrected chi connectivity index (χ3v) is 4.06. The zero-order valence-corrected chi connectivity index (χ0v) is 11.1. The van der Waals surface area contributed by atoms with E-state index in [9.17, 15) is 17.2 Å². The monoisotopic (exact) mass is 298 g/mol. The minimum atomic E-state index is -4.27. The molecule has 7 heteroatoms. The summed E-state index contributed by atoms with van der Waals surface area (Å²) >= 11 is 0. The van der Waals surface area contributed by atoms with Gasteiger partial charge in [-0.05, 0) is 29.8 Å². The number of nitrogens with two attached hydrogens (primary N) is 1. The van der Waals surface area contributed by atoms with Gasteiger partial charge in [0.25, 0.3) is 0 Å². The summed E-state index contributed by atoms with van der Waals surface area (Å²) in [4.78, 5) is -0.982. The number of sulfonamides is 1. The van der Waals surface area contributed by atoms with E-state index in [2.05, 4.69) is 4.72 Å². The van der Waals surface area contributed by atoms with Crippen molar-refractivity contribution < 1.29 is 17.2 Å². The molecule has 0 aliphatic heterocycles. The highest BCUT2D eigenvalue weighted by molar-refractivity contribution is 7.89. The number of hydrogen-bond acceptors (Lipinski definition) is 3. The maximum absolute atomic E-state index is 13.5. The molecule has 4 nitrogen and oxygen atoms in total. The Morgan fingerprint density at radius 3 is 2.25 bits per heavy atom. The molecule has 0 heterocycles. The Balaban J connectivity index is 2.24. The molecule has 0 fully saturated rings. The van der Waals surface area contributed by atoms with E-state index in [-0.39, 0.29) is 6.54 Å². The first kappa shape index (κ1) is 14.4. The highest BCUT2D eigenvalue weighted by Crippen LogP contribution is 2.18. The molecule has 0 aliphatic carbocycles. The maximum atomic E-state index is 13.5. The van der Waals surface area contributed by atoms with Gasteiger partial charge in [-0.2, -0.15) is 0 Å². The van der Waals surface area contributed by atoms with Crippen molar-refractivity contribution in [2.24, 2.45) is 0 Å². The molecular formula is C13H12F2N2O2S. The minimum Gasteiger partial charge on any atom is -0.399 e. The van der Waals surface area contributed by atoms with Crippen LogP contribution in [-0.4, -0.2) is 8.42 Å². The predicted octanol–water partition coefficient (Wildman–Crippen LogP) is 2.03. The Labute approximate surface area is 115 Å². The summed E-state index contributed by atoms with van der Waals surface area (Å²) in [6.07, 6.45) is 0. The molecule has 0 radical (unpaired) electrons. The van der Waals surface area contributed by atoms with Gasteiger partial charge in [0.15, 0.2) is 4.90 Å². The van der Waals surface area contributed by atoms with Crippen LogP contribution in [0.2, 0.25) is 0 Å². The lowest BCUT2D eigenvalue weighted by Gasteiger charge is -2.09. The molecule has 2 rings (SSSR count). The van der Waals surface area contributed by atoms with Gasteiger partial charge in [-0.1, -0.05) is 18.2 Å². The molecule has 2 aromatic rings. The van der Waals surface area contributed by atoms with Crippen molar-refractivity contribution in [1.82, 2.24) is 4.72 Å². The lowest BCUT2D eigenvalue weighted by Crippen LogP contribution is -2.25. The van der Waals surface area contributed by atoms with E-state index in [4.69, 9.17) is 5.73 Å². The number of nitrogens with one attached hydrogen (secondary N) is 1. The number of rotatable bonds is 4. The molecule has 106 valence electrons. The van der Waals surface area contributed by atoms with Crippen LogP contribution < -0.4 is 10.5 Å². The number of benzene rings is 2. The van der Waals surface area contributed by atoms with Crippen LogP contribution in [0, 0.1) is 11.6 Å². The van der Waals surface area contributed by atoms with Crippen molar-refractivity contribution in [2.75, 3.05) is 5.73 Å². The van der Waals surface area contributed by atoms with Crippen LogP contribution in [0.5, 0.6) is 0 Å². The van der Waals surface area contributed by atoms with Crippen LogP contribution in [0.1, 0.15) is 5.56 Å². The molecule has 0 saturated heterocycles. The third-order valence-electron chi connectivity index (χ3n) is 2.61. The number of nitrogen functional groups attached to an aromatic ring is 1. The van der Waals surface area contributed by atoms with Gasteiger partial charge in [-0.3, -0.25) is 0 Å². The fraction of sp³-hybridized carbons (Fsp3) is 0.0769. The van der Waals surface area contributed by atoms with Crippen molar-refractivity contribution in [1.29, 1.82) is 0 Å². The largest absolute Gasteiger partial charge is 0.399 e. The van der Waals surface area contributed by atoms with Gasteiger partial charge in [0, 0.05) is 12.2 Å². The number of hydrogen-bond donors (Lipinski definition) is 2. The second kappa shape index (κ2) is 5.56. The molecule has 0 saturated carbocycles. The first-order chi connectivity index (χ1) is 9.40. The Morgan fingerprint density at radius 2 is 1.65 bits per heavy atom. The van der Waals surface area contributed by atoms with E-state index < -0.39 is 26.6 Å². The van der Waals surface area contributed by atoms with Crippen LogP contribution in [0.3, 0.4) is 0 Å². The molecule has 3 N–H and O–H groups in total. The zero-order valence-electron chi connectivity index (χ0n) is 10.3. The van der Waals surface area contributed by atoms with Crippen LogP contribution in [0.15, 0.2) is 47.4 Å². The molecule has 0 atom stereocenters. The van der Waals surface area contributed by atoms with E-state index >= 15 is 0 Å². The molecule has 0 aliphatic rings. The first-order valence-corrected chi connectivity index (χ1v) is 7.16. The molecule has 0 bridgehead atoms. The zero-order chi connectivity index (χ0) is 14.8. The summed E-state index contributed by atoms with van der Waals surface area (Å²) in [5, 5.41) is 0. The van der Waals surface area contributed by atoms with Gasteiger partial charge in [0.05, 0.1) is 0 Å². The number of halogens is 2. The fourth-order valence-electron chi connectivity index (χ4n) is 1.69. The van der Waals surface area contributed by atoms with Crippen LogP contribution in [-0.2, 0) is 16.6 Å². The summed E-state index contributed by atoms with van der Waals surface area (Å²) in [6, 6.07) is 9.39. The summed E-state index contributed by atoms with van der Waals surface area (Å²) in [7, 11) is -4.27. The SMILES string of the molecule is Nc1cccc(CNS(=O)(=O)c2c(F)cccc2F)c1. The van der Waals surface area contributed by atoms with Crippen LogP contribution in [0.4, 0.5) is 14.5 Å². The highest BCUT2D eigenvalue weighted by Gasteiger charge is 2.23. The van der Waals surface area contributed by atoms with Crippen molar-refractivity contribution in [3.63, 3.8) is 0 Å². The lowest BCUT2D eigenvalue weighted by molar-refractivity contribution is 0.514. The van der Waals surface area contributed by atoms with E-state index in [0.717, 1.165) is 18.2 Å². The second-order valence-electron chi connectivity index (χ2n) is 4.12. The number of anilines is 1. The Bertz CT molecular complexity index is 713. The summed E-state index contributed by atoms with van der Waals surface area (Å²) in [6.45, 7) is -0.110. The molecule has 0 amide bonds. The smallest absolute Gasteiger partial charge is 0.246 e. The summed E-state index contributed by atoms with van der Waals surface area (Å²) in [5.74, 6) is -2.27. The van der Waals surface area contributed by atoms with E-state index in [1.54, 1.807) is 24.3 Å². The molecule has 2 aromatic carbocycles. The summed E-state index contributed by atoms with van der Waals surface area (Å²) in [5.41, 5.74) is 6.62. The van der Waals surface area contributed by atoms with Gasteiger partial charge < -0.3 is 5.73 Å². The van der Waals surface area contributed by atoms with E-state index in [1.807, 2.05) is 0 Å². The average molecular weight is 298 g/mol. The van der Waals surface area contributed by atoms with Gasteiger partial charge in [-0.15, -0.1) is 0 Å². The van der Waals surface area contributed by atoms with Gasteiger partial charge in [-0.25, -0.2) is 21.9 Å². The average Bonchev–Trinajstić information content (AvgIpc) is 2.36. The molecule has 0 unspecified atom stereocenters. The predicted molar refractivity (Wildman–Crippen MR) is 71.2 cm³/mol. The second-order valence-corrected chi connectivity index (χ2v) is 5.82. The maximum Gasteiger partial charge on any atom is 0.246 e. The van der Waals surface area contributed by atoms with Crippen molar-refractivity contribution in [3.8, 4) is 0 Å². The van der Waals surface area contributed by atoms with E-state index in [1.165, 1.54) is 0 Å². The van der Waals surface area contributed by atoms with Gasteiger partial charge >= 0.3 is 0 Å². The lowest BCUT2D eigenvalue weighted by atomic mass is 10.2. The van der Waals surface area contributed by atoms with Crippen molar-refractivity contribution in [3.05, 3.63) is 59.7 Å². The molecular weight excluding hydrogens is 286 g/mol. The van der Waals surface area contributed by atoms with Crippen LogP contribution >= 0.6 is 0 Å². The molecule has 0 spiro atoms.